The van der Waals surface area contributed by atoms with E-state index in [2.05, 4.69) is 36.2 Å². The summed E-state index contributed by atoms with van der Waals surface area (Å²) in [7, 11) is 0. The molecular formula is C18H22FNO. The Morgan fingerprint density at radius 1 is 1.14 bits per heavy atom. The summed E-state index contributed by atoms with van der Waals surface area (Å²) in [4.78, 5) is 4.37. The quantitative estimate of drug-likeness (QED) is 0.727. The van der Waals surface area contributed by atoms with Gasteiger partial charge in [-0.05, 0) is 37.5 Å². The van der Waals surface area contributed by atoms with Crippen LogP contribution in [0, 0.1) is 0 Å². The lowest BCUT2D eigenvalue weighted by molar-refractivity contribution is 0.209. The number of hydrogen-bond acceptors (Lipinski definition) is 2. The molecule has 1 atom stereocenters. The maximum atomic E-state index is 12.7. The highest BCUT2D eigenvalue weighted by Crippen LogP contribution is 2.20. The summed E-state index contributed by atoms with van der Waals surface area (Å²) in [6, 6.07) is 12.2. The number of alkyl halides is 1. The average molecular weight is 287 g/mol. The summed E-state index contributed by atoms with van der Waals surface area (Å²) in [5.74, 6) is 0.600. The Morgan fingerprint density at radius 2 is 1.90 bits per heavy atom. The number of unbranched alkanes of at least 4 members (excludes halogenated alkanes) is 1. The summed E-state index contributed by atoms with van der Waals surface area (Å²) < 4.78 is 18.0. The van der Waals surface area contributed by atoms with Crippen LogP contribution < -0.4 is 4.74 Å². The zero-order chi connectivity index (χ0) is 15.1. The lowest BCUT2D eigenvalue weighted by atomic mass is 10.0. The number of pyridine rings is 1. The zero-order valence-electron chi connectivity index (χ0n) is 12.7. The highest BCUT2D eigenvalue weighted by atomic mass is 19.1. The maximum absolute atomic E-state index is 12.7. The number of hydrogen-bond donors (Lipinski definition) is 0. The number of halogens is 1. The summed E-state index contributed by atoms with van der Waals surface area (Å²) in [6.45, 7) is 3.74. The molecule has 0 radical (unpaired) electrons. The Hall–Kier alpha value is -1.90. The van der Waals surface area contributed by atoms with Crippen LogP contribution in [0.15, 0.2) is 42.6 Å². The zero-order valence-corrected chi connectivity index (χ0v) is 12.7. The topological polar surface area (TPSA) is 22.1 Å². The second kappa shape index (κ2) is 7.77. The second-order valence-corrected chi connectivity index (χ2v) is 5.27. The van der Waals surface area contributed by atoms with Gasteiger partial charge in [-0.25, -0.2) is 4.39 Å². The molecular weight excluding hydrogens is 265 g/mol. The molecule has 3 heteroatoms. The van der Waals surface area contributed by atoms with E-state index in [1.54, 1.807) is 6.20 Å². The number of benzene rings is 1. The van der Waals surface area contributed by atoms with Gasteiger partial charge in [-0.3, -0.25) is 4.98 Å². The molecule has 0 fully saturated rings. The largest absolute Gasteiger partial charge is 0.489 e. The van der Waals surface area contributed by atoms with Crippen molar-refractivity contribution in [3.8, 4) is 17.0 Å². The maximum Gasteiger partial charge on any atom is 0.137 e. The number of aromatic nitrogens is 1. The van der Waals surface area contributed by atoms with Crippen LogP contribution in [0.1, 0.15) is 32.3 Å². The van der Waals surface area contributed by atoms with Crippen molar-refractivity contribution in [3.05, 3.63) is 48.2 Å². The van der Waals surface area contributed by atoms with E-state index in [1.807, 2.05) is 12.1 Å². The molecule has 21 heavy (non-hydrogen) atoms. The van der Waals surface area contributed by atoms with Gasteiger partial charge in [-0.15, -0.1) is 0 Å². The van der Waals surface area contributed by atoms with E-state index in [0.717, 1.165) is 17.7 Å². The molecule has 1 unspecified atom stereocenters. The Kier molecular flexibility index (Phi) is 5.73. The molecule has 2 aromatic rings. The Balaban J connectivity index is 2.01. The highest BCUT2D eigenvalue weighted by Gasteiger charge is 2.03. The fourth-order valence-electron chi connectivity index (χ4n) is 2.07. The predicted octanol–water partition coefficient (Wildman–Crippen LogP) is 4.83. The molecule has 0 amide bonds. The fourth-order valence-corrected chi connectivity index (χ4v) is 2.07. The van der Waals surface area contributed by atoms with Gasteiger partial charge in [0.2, 0.25) is 0 Å². The molecule has 2 nitrogen and oxygen atoms in total. The van der Waals surface area contributed by atoms with Gasteiger partial charge in [0.25, 0.3) is 0 Å². The van der Waals surface area contributed by atoms with E-state index in [0.29, 0.717) is 5.75 Å². The first-order valence-electron chi connectivity index (χ1n) is 7.51. The first kappa shape index (κ1) is 15.5. The van der Waals surface area contributed by atoms with Gasteiger partial charge in [-0.1, -0.05) is 37.6 Å². The van der Waals surface area contributed by atoms with Gasteiger partial charge in [0.1, 0.15) is 18.5 Å². The summed E-state index contributed by atoms with van der Waals surface area (Å²) >= 11 is 0. The molecule has 0 bridgehead atoms. The number of rotatable bonds is 7. The Bertz CT molecular complexity index is 534. The first-order valence-corrected chi connectivity index (χ1v) is 7.51. The van der Waals surface area contributed by atoms with Crippen LogP contribution >= 0.6 is 0 Å². The molecule has 1 heterocycles. The van der Waals surface area contributed by atoms with Crippen molar-refractivity contribution in [3.63, 3.8) is 0 Å². The van der Waals surface area contributed by atoms with Gasteiger partial charge in [-0.2, -0.15) is 0 Å². The number of nitrogens with zero attached hydrogens (tertiary/aromatic N) is 1. The number of ether oxygens (including phenoxy) is 1. The van der Waals surface area contributed by atoms with Crippen molar-refractivity contribution >= 4 is 0 Å². The average Bonchev–Trinajstić information content (AvgIpc) is 2.52. The Labute approximate surface area is 126 Å². The molecule has 0 saturated heterocycles. The molecule has 1 aromatic carbocycles. The van der Waals surface area contributed by atoms with Crippen molar-refractivity contribution < 1.29 is 9.13 Å². The minimum atomic E-state index is -0.972. The van der Waals surface area contributed by atoms with Gasteiger partial charge < -0.3 is 4.74 Å². The molecule has 0 N–H and O–H groups in total. The predicted molar refractivity (Wildman–Crippen MR) is 84.4 cm³/mol. The normalized spacial score (nSPS) is 12.1. The third-order valence-corrected chi connectivity index (χ3v) is 3.28. The first-order chi connectivity index (χ1) is 10.2. The van der Waals surface area contributed by atoms with E-state index in [4.69, 9.17) is 4.74 Å². The van der Waals surface area contributed by atoms with Crippen molar-refractivity contribution in [1.29, 1.82) is 0 Å². The lowest BCUT2D eigenvalue weighted by Gasteiger charge is -2.07. The second-order valence-electron chi connectivity index (χ2n) is 5.27. The fraction of sp³-hybridized carbons (Fsp3) is 0.389. The Morgan fingerprint density at radius 3 is 2.48 bits per heavy atom. The van der Waals surface area contributed by atoms with Crippen LogP contribution in [0.5, 0.6) is 5.75 Å². The molecule has 0 saturated carbocycles. The summed E-state index contributed by atoms with van der Waals surface area (Å²) in [5, 5.41) is 0. The molecule has 0 spiro atoms. The van der Waals surface area contributed by atoms with E-state index in [9.17, 15) is 4.39 Å². The van der Waals surface area contributed by atoms with Crippen LogP contribution in [0.2, 0.25) is 0 Å². The molecule has 1 aromatic heterocycles. The monoisotopic (exact) mass is 287 g/mol. The third kappa shape index (κ3) is 4.85. The van der Waals surface area contributed by atoms with Crippen molar-refractivity contribution in [2.45, 2.75) is 39.3 Å². The van der Waals surface area contributed by atoms with Gasteiger partial charge >= 0.3 is 0 Å². The standard InChI is InChI=1S/C18H22FNO/c1-3-4-5-15-6-8-16(9-7-15)18-11-10-17(12-20-18)21-13-14(2)19/h6-12,14H,3-5,13H2,1-2H3. The van der Waals surface area contributed by atoms with Crippen LogP contribution in [0.3, 0.4) is 0 Å². The minimum absolute atomic E-state index is 0.0627. The van der Waals surface area contributed by atoms with Crippen LogP contribution in [0.25, 0.3) is 11.3 Å². The smallest absolute Gasteiger partial charge is 0.137 e. The lowest BCUT2D eigenvalue weighted by Crippen LogP contribution is -2.08. The van der Waals surface area contributed by atoms with Crippen molar-refractivity contribution in [1.82, 2.24) is 4.98 Å². The van der Waals surface area contributed by atoms with Crippen LogP contribution in [0.4, 0.5) is 4.39 Å². The minimum Gasteiger partial charge on any atom is -0.489 e. The molecule has 0 aliphatic heterocycles. The van der Waals surface area contributed by atoms with E-state index >= 15 is 0 Å². The third-order valence-electron chi connectivity index (χ3n) is 3.28. The van der Waals surface area contributed by atoms with Crippen LogP contribution in [-0.4, -0.2) is 17.8 Å². The molecule has 112 valence electrons. The van der Waals surface area contributed by atoms with Gasteiger partial charge in [0, 0.05) is 5.56 Å². The van der Waals surface area contributed by atoms with E-state index in [1.165, 1.54) is 25.3 Å². The summed E-state index contributed by atoms with van der Waals surface area (Å²) in [6.07, 6.45) is 4.22. The van der Waals surface area contributed by atoms with Crippen LogP contribution in [-0.2, 0) is 6.42 Å². The van der Waals surface area contributed by atoms with Crippen molar-refractivity contribution in [2.24, 2.45) is 0 Å². The number of aryl methyl sites for hydroxylation is 1. The molecule has 2 rings (SSSR count). The van der Waals surface area contributed by atoms with Gasteiger partial charge in [0.15, 0.2) is 0 Å². The van der Waals surface area contributed by atoms with E-state index in [-0.39, 0.29) is 6.61 Å². The van der Waals surface area contributed by atoms with E-state index < -0.39 is 6.17 Å². The summed E-state index contributed by atoms with van der Waals surface area (Å²) in [5.41, 5.74) is 3.34. The highest BCUT2D eigenvalue weighted by molar-refractivity contribution is 5.59. The molecule has 0 aliphatic rings. The van der Waals surface area contributed by atoms with Gasteiger partial charge in [0.05, 0.1) is 11.9 Å². The SMILES string of the molecule is CCCCc1ccc(-c2ccc(OCC(C)F)cn2)cc1. The van der Waals surface area contributed by atoms with Crippen molar-refractivity contribution in [2.75, 3.05) is 6.61 Å². The molecule has 0 aliphatic carbocycles.